The number of ether oxygens (including phenoxy) is 2. The van der Waals surface area contributed by atoms with E-state index < -0.39 is 11.3 Å². The number of aromatic nitrogens is 1. The molecule has 5 nitrogen and oxygen atoms in total. The number of alkyl halides is 1. The number of hydrogen-bond donors (Lipinski definition) is 1. The van der Waals surface area contributed by atoms with Gasteiger partial charge in [0.1, 0.15) is 11.1 Å². The number of nitrogens with zero attached hydrogens (tertiary/aromatic N) is 1. The molecule has 1 N–H and O–H groups in total. The first-order valence-corrected chi connectivity index (χ1v) is 5.94. The fourth-order valence-corrected chi connectivity index (χ4v) is 1.65. The molecule has 1 atom stereocenters. The lowest BCUT2D eigenvalue weighted by atomic mass is 10.3. The Bertz CT molecular complexity index is 412. The third-order valence-electron chi connectivity index (χ3n) is 2.30. The van der Waals surface area contributed by atoms with Crippen molar-refractivity contribution in [1.29, 1.82) is 0 Å². The molecule has 0 amide bonds. The molecule has 18 heavy (non-hydrogen) atoms. The van der Waals surface area contributed by atoms with Crippen LogP contribution in [-0.2, 0) is 16.1 Å². The summed E-state index contributed by atoms with van der Waals surface area (Å²) in [5.74, 6) is 0.314. The summed E-state index contributed by atoms with van der Waals surface area (Å²) in [5, 5.41) is 2.35. The van der Waals surface area contributed by atoms with Crippen molar-refractivity contribution in [2.45, 2.75) is 18.8 Å². The van der Waals surface area contributed by atoms with Crippen LogP contribution in [0.1, 0.15) is 11.4 Å². The third kappa shape index (κ3) is 4.50. The summed E-state index contributed by atoms with van der Waals surface area (Å²) in [6.45, 7) is 2.73. The molecular formula is C12H17ClN2O3. The maximum atomic E-state index is 11.1. The monoisotopic (exact) mass is 272 g/mol. The zero-order chi connectivity index (χ0) is 13.5. The average Bonchev–Trinajstić information content (AvgIpc) is 2.36. The minimum absolute atomic E-state index is 0.326. The van der Waals surface area contributed by atoms with Crippen LogP contribution in [0.3, 0.4) is 0 Å². The van der Waals surface area contributed by atoms with Crippen LogP contribution in [0, 0.1) is 6.92 Å². The van der Waals surface area contributed by atoms with Gasteiger partial charge in [-0.3, -0.25) is 9.78 Å². The standard InChI is InChI=1S/C12H17ClN2O3/c1-8-4-10(17-2)5-9(15-8)6-14-7-11(13)12(16)18-3/h4-5,11,14H,6-7H2,1-3H3. The maximum absolute atomic E-state index is 11.1. The number of carbonyl (C=O) groups excluding carboxylic acids is 1. The van der Waals surface area contributed by atoms with Gasteiger partial charge in [-0.25, -0.2) is 0 Å². The Morgan fingerprint density at radius 1 is 1.50 bits per heavy atom. The van der Waals surface area contributed by atoms with E-state index in [1.54, 1.807) is 7.11 Å². The van der Waals surface area contributed by atoms with Gasteiger partial charge in [-0.1, -0.05) is 0 Å². The first-order chi connectivity index (χ1) is 8.56. The molecule has 0 spiro atoms. The number of methoxy groups -OCH3 is 2. The van der Waals surface area contributed by atoms with Gasteiger partial charge in [0.25, 0.3) is 0 Å². The van der Waals surface area contributed by atoms with Gasteiger partial charge in [0.2, 0.25) is 0 Å². The van der Waals surface area contributed by atoms with Crippen LogP contribution in [0.15, 0.2) is 12.1 Å². The quantitative estimate of drug-likeness (QED) is 0.624. The van der Waals surface area contributed by atoms with Gasteiger partial charge in [-0.05, 0) is 6.92 Å². The molecule has 1 unspecified atom stereocenters. The Morgan fingerprint density at radius 2 is 2.22 bits per heavy atom. The first-order valence-electron chi connectivity index (χ1n) is 5.51. The van der Waals surface area contributed by atoms with Crippen molar-refractivity contribution in [2.24, 2.45) is 0 Å². The summed E-state index contributed by atoms with van der Waals surface area (Å²) in [5.41, 5.74) is 1.71. The largest absolute Gasteiger partial charge is 0.497 e. The van der Waals surface area contributed by atoms with Crippen molar-refractivity contribution in [3.05, 3.63) is 23.5 Å². The van der Waals surface area contributed by atoms with E-state index in [0.29, 0.717) is 13.1 Å². The Hall–Kier alpha value is -1.33. The van der Waals surface area contributed by atoms with E-state index in [2.05, 4.69) is 15.0 Å². The fraction of sp³-hybridized carbons (Fsp3) is 0.500. The van der Waals surface area contributed by atoms with Gasteiger partial charge >= 0.3 is 5.97 Å². The molecule has 0 fully saturated rings. The lowest BCUT2D eigenvalue weighted by Gasteiger charge is -2.10. The van der Waals surface area contributed by atoms with Crippen LogP contribution in [0.4, 0.5) is 0 Å². The molecule has 0 bridgehead atoms. The van der Waals surface area contributed by atoms with E-state index in [1.807, 2.05) is 19.1 Å². The van der Waals surface area contributed by atoms with Crippen LogP contribution < -0.4 is 10.1 Å². The highest BCUT2D eigenvalue weighted by Crippen LogP contribution is 2.13. The van der Waals surface area contributed by atoms with E-state index in [9.17, 15) is 4.79 Å². The van der Waals surface area contributed by atoms with E-state index in [4.69, 9.17) is 16.3 Å². The Balaban J connectivity index is 2.48. The van der Waals surface area contributed by atoms with E-state index in [0.717, 1.165) is 17.1 Å². The number of rotatable bonds is 6. The number of halogens is 1. The maximum Gasteiger partial charge on any atom is 0.325 e. The van der Waals surface area contributed by atoms with Gasteiger partial charge < -0.3 is 14.8 Å². The Labute approximate surface area is 111 Å². The molecule has 6 heteroatoms. The second-order valence-corrected chi connectivity index (χ2v) is 4.29. The summed E-state index contributed by atoms with van der Waals surface area (Å²) in [4.78, 5) is 15.4. The highest BCUT2D eigenvalue weighted by atomic mass is 35.5. The van der Waals surface area contributed by atoms with Crippen molar-refractivity contribution < 1.29 is 14.3 Å². The molecule has 0 aliphatic carbocycles. The molecule has 0 aliphatic rings. The Kier molecular flexibility index (Phi) is 5.88. The molecule has 1 aromatic rings. The zero-order valence-corrected chi connectivity index (χ0v) is 11.5. The van der Waals surface area contributed by atoms with Crippen LogP contribution in [-0.4, -0.2) is 37.1 Å². The van der Waals surface area contributed by atoms with Crippen molar-refractivity contribution in [1.82, 2.24) is 10.3 Å². The molecule has 1 aromatic heterocycles. The second kappa shape index (κ2) is 7.18. The first kappa shape index (κ1) is 14.7. The molecular weight excluding hydrogens is 256 g/mol. The number of carbonyl (C=O) groups is 1. The van der Waals surface area contributed by atoms with E-state index in [-0.39, 0.29) is 0 Å². The summed E-state index contributed by atoms with van der Waals surface area (Å²) >= 11 is 5.81. The van der Waals surface area contributed by atoms with Gasteiger partial charge in [-0.2, -0.15) is 0 Å². The summed E-state index contributed by atoms with van der Waals surface area (Å²) in [6.07, 6.45) is 0. The van der Waals surface area contributed by atoms with Gasteiger partial charge in [0, 0.05) is 30.9 Å². The van der Waals surface area contributed by atoms with E-state index in [1.165, 1.54) is 7.11 Å². The lowest BCUT2D eigenvalue weighted by molar-refractivity contribution is -0.140. The van der Waals surface area contributed by atoms with Gasteiger partial charge in [0.15, 0.2) is 0 Å². The van der Waals surface area contributed by atoms with Crippen molar-refractivity contribution in [3.63, 3.8) is 0 Å². The lowest BCUT2D eigenvalue weighted by Crippen LogP contribution is -2.30. The normalized spacial score (nSPS) is 12.0. The molecule has 0 saturated carbocycles. The zero-order valence-electron chi connectivity index (χ0n) is 10.7. The average molecular weight is 273 g/mol. The predicted octanol–water partition coefficient (Wildman–Crippen LogP) is 1.27. The number of nitrogens with one attached hydrogen (secondary N) is 1. The highest BCUT2D eigenvalue weighted by Gasteiger charge is 2.14. The molecule has 0 aliphatic heterocycles. The minimum Gasteiger partial charge on any atom is -0.497 e. The molecule has 100 valence electrons. The van der Waals surface area contributed by atoms with Crippen molar-refractivity contribution in [2.75, 3.05) is 20.8 Å². The predicted molar refractivity (Wildman–Crippen MR) is 68.9 cm³/mol. The SMILES string of the molecule is COC(=O)C(Cl)CNCc1cc(OC)cc(C)n1. The van der Waals surface area contributed by atoms with E-state index >= 15 is 0 Å². The Morgan fingerprint density at radius 3 is 2.83 bits per heavy atom. The van der Waals surface area contributed by atoms with Crippen LogP contribution in [0.5, 0.6) is 5.75 Å². The van der Waals surface area contributed by atoms with Crippen molar-refractivity contribution in [3.8, 4) is 5.75 Å². The third-order valence-corrected chi connectivity index (χ3v) is 2.63. The topological polar surface area (TPSA) is 60.5 Å². The smallest absolute Gasteiger partial charge is 0.325 e. The van der Waals surface area contributed by atoms with Gasteiger partial charge in [0.05, 0.1) is 19.9 Å². The van der Waals surface area contributed by atoms with Crippen molar-refractivity contribution >= 4 is 17.6 Å². The highest BCUT2D eigenvalue weighted by molar-refractivity contribution is 6.30. The molecule has 0 saturated heterocycles. The number of hydrogen-bond acceptors (Lipinski definition) is 5. The van der Waals surface area contributed by atoms with Crippen LogP contribution >= 0.6 is 11.6 Å². The van der Waals surface area contributed by atoms with Gasteiger partial charge in [-0.15, -0.1) is 11.6 Å². The number of pyridine rings is 1. The second-order valence-electron chi connectivity index (χ2n) is 3.76. The summed E-state index contributed by atoms with van der Waals surface area (Å²) in [7, 11) is 2.92. The van der Waals surface area contributed by atoms with Crippen LogP contribution in [0.25, 0.3) is 0 Å². The fourth-order valence-electron chi connectivity index (χ4n) is 1.45. The van der Waals surface area contributed by atoms with Crippen LogP contribution in [0.2, 0.25) is 0 Å². The molecule has 1 rings (SSSR count). The molecule has 1 heterocycles. The number of aryl methyl sites for hydroxylation is 1. The number of esters is 1. The summed E-state index contributed by atoms with van der Waals surface area (Å²) < 4.78 is 9.67. The summed E-state index contributed by atoms with van der Waals surface area (Å²) in [6, 6.07) is 3.68. The molecule has 0 radical (unpaired) electrons. The molecule has 0 aromatic carbocycles. The minimum atomic E-state index is -0.693.